The summed E-state index contributed by atoms with van der Waals surface area (Å²) in [6, 6.07) is 13.6. The Bertz CT molecular complexity index is 972. The highest BCUT2D eigenvalue weighted by atomic mass is 16.5. The Balaban J connectivity index is 2.29. The van der Waals surface area contributed by atoms with Crippen LogP contribution >= 0.6 is 0 Å². The van der Waals surface area contributed by atoms with Crippen LogP contribution in [0.1, 0.15) is 29.2 Å². The number of nitrogens with one attached hydrogen (secondary N) is 1. The van der Waals surface area contributed by atoms with E-state index in [-0.39, 0.29) is 5.56 Å². The van der Waals surface area contributed by atoms with Crippen molar-refractivity contribution in [2.45, 2.75) is 27.2 Å². The van der Waals surface area contributed by atoms with Crippen LogP contribution in [0.2, 0.25) is 0 Å². The molecule has 0 aliphatic carbocycles. The molecule has 0 bridgehead atoms. The molecule has 0 radical (unpaired) electrons. The van der Waals surface area contributed by atoms with E-state index in [0.29, 0.717) is 23.3 Å². The molecule has 24 heavy (non-hydrogen) atoms. The lowest BCUT2D eigenvalue weighted by molar-refractivity contribution is -0.131. The number of carbonyl (C=O) groups excluding carboxylic acids is 1. The van der Waals surface area contributed by atoms with E-state index in [1.54, 1.807) is 0 Å². The summed E-state index contributed by atoms with van der Waals surface area (Å²) in [7, 11) is 0. The van der Waals surface area contributed by atoms with E-state index < -0.39 is 5.97 Å². The van der Waals surface area contributed by atoms with Crippen molar-refractivity contribution < 1.29 is 9.53 Å². The summed E-state index contributed by atoms with van der Waals surface area (Å²) in [6.07, 6.45) is 0.404. The molecule has 0 aliphatic rings. The number of aromatic nitrogens is 1. The molecule has 0 amide bonds. The van der Waals surface area contributed by atoms with Gasteiger partial charge >= 0.3 is 5.97 Å². The molecule has 0 fully saturated rings. The minimum absolute atomic E-state index is 0.227. The number of carbonyl (C=O) groups is 1. The van der Waals surface area contributed by atoms with Crippen molar-refractivity contribution in [2.75, 3.05) is 0 Å². The molecule has 4 heteroatoms. The standard InChI is InChI=1S/C20H19NO3/c1-12-9-13(2)18-16(10-12)19(24-14(3)22)17(20(23)21-18)11-15-7-5-4-6-8-15/h4-10H,11H2,1-3H3,(H,21,23). The second kappa shape index (κ2) is 6.32. The highest BCUT2D eigenvalue weighted by Gasteiger charge is 2.17. The van der Waals surface area contributed by atoms with Gasteiger partial charge < -0.3 is 9.72 Å². The van der Waals surface area contributed by atoms with Gasteiger partial charge in [-0.05, 0) is 36.6 Å². The van der Waals surface area contributed by atoms with Crippen molar-refractivity contribution in [3.63, 3.8) is 0 Å². The molecule has 0 saturated heterocycles. The van der Waals surface area contributed by atoms with Crippen molar-refractivity contribution in [1.29, 1.82) is 0 Å². The van der Waals surface area contributed by atoms with E-state index in [9.17, 15) is 9.59 Å². The highest BCUT2D eigenvalue weighted by molar-refractivity contribution is 5.91. The predicted molar refractivity (Wildman–Crippen MR) is 94.6 cm³/mol. The lowest BCUT2D eigenvalue weighted by Gasteiger charge is -2.14. The lowest BCUT2D eigenvalue weighted by Crippen LogP contribution is -2.17. The molecule has 4 nitrogen and oxygen atoms in total. The Morgan fingerprint density at radius 3 is 2.50 bits per heavy atom. The molecular weight excluding hydrogens is 302 g/mol. The second-order valence-electron chi connectivity index (χ2n) is 6.02. The first-order valence-electron chi connectivity index (χ1n) is 7.84. The Labute approximate surface area is 140 Å². The molecule has 0 unspecified atom stereocenters. The van der Waals surface area contributed by atoms with E-state index in [4.69, 9.17) is 4.74 Å². The molecule has 1 N–H and O–H groups in total. The van der Waals surface area contributed by atoms with Crippen LogP contribution in [0.4, 0.5) is 0 Å². The van der Waals surface area contributed by atoms with Crippen LogP contribution in [-0.2, 0) is 11.2 Å². The summed E-state index contributed by atoms with van der Waals surface area (Å²) in [5.74, 6) is -0.0766. The third-order valence-corrected chi connectivity index (χ3v) is 3.98. The number of esters is 1. The quantitative estimate of drug-likeness (QED) is 0.749. The first kappa shape index (κ1) is 16.0. The molecular formula is C20H19NO3. The van der Waals surface area contributed by atoms with E-state index in [1.165, 1.54) is 6.92 Å². The van der Waals surface area contributed by atoms with Crippen LogP contribution in [0.15, 0.2) is 47.3 Å². The van der Waals surface area contributed by atoms with Crippen LogP contribution in [0.25, 0.3) is 10.9 Å². The average Bonchev–Trinajstić information content (AvgIpc) is 2.52. The first-order chi connectivity index (χ1) is 11.5. The number of aromatic amines is 1. The van der Waals surface area contributed by atoms with Crippen molar-refractivity contribution in [3.05, 3.63) is 75.1 Å². The van der Waals surface area contributed by atoms with Gasteiger partial charge in [-0.25, -0.2) is 0 Å². The van der Waals surface area contributed by atoms with Crippen molar-refractivity contribution in [1.82, 2.24) is 4.98 Å². The van der Waals surface area contributed by atoms with Crippen LogP contribution in [-0.4, -0.2) is 11.0 Å². The number of aryl methyl sites for hydroxylation is 2. The maximum Gasteiger partial charge on any atom is 0.308 e. The zero-order chi connectivity index (χ0) is 17.3. The topological polar surface area (TPSA) is 59.2 Å². The molecule has 3 aromatic rings. The molecule has 122 valence electrons. The summed E-state index contributed by atoms with van der Waals surface area (Å²) < 4.78 is 5.46. The number of benzene rings is 2. The van der Waals surface area contributed by atoms with E-state index >= 15 is 0 Å². The number of ether oxygens (including phenoxy) is 1. The molecule has 0 aliphatic heterocycles. The van der Waals surface area contributed by atoms with Gasteiger partial charge in [0.2, 0.25) is 0 Å². The Kier molecular flexibility index (Phi) is 4.21. The van der Waals surface area contributed by atoms with Gasteiger partial charge in [0.1, 0.15) is 5.75 Å². The van der Waals surface area contributed by atoms with Gasteiger partial charge in [0.25, 0.3) is 5.56 Å². The van der Waals surface area contributed by atoms with Gasteiger partial charge in [-0.2, -0.15) is 0 Å². The zero-order valence-corrected chi connectivity index (χ0v) is 14.0. The molecule has 0 spiro atoms. The Hall–Kier alpha value is -2.88. The second-order valence-corrected chi connectivity index (χ2v) is 6.02. The minimum atomic E-state index is -0.435. The molecule has 1 aromatic heterocycles. The highest BCUT2D eigenvalue weighted by Crippen LogP contribution is 2.30. The van der Waals surface area contributed by atoms with Crippen molar-refractivity contribution >= 4 is 16.9 Å². The predicted octanol–water partition coefficient (Wildman–Crippen LogP) is 3.66. The van der Waals surface area contributed by atoms with Gasteiger partial charge in [-0.3, -0.25) is 9.59 Å². The van der Waals surface area contributed by atoms with Crippen LogP contribution in [0, 0.1) is 13.8 Å². The fourth-order valence-corrected chi connectivity index (χ4v) is 2.99. The molecule has 0 atom stereocenters. The fraction of sp³-hybridized carbons (Fsp3) is 0.200. The first-order valence-corrected chi connectivity index (χ1v) is 7.84. The van der Waals surface area contributed by atoms with Crippen molar-refractivity contribution in [2.24, 2.45) is 0 Å². The number of fused-ring (bicyclic) bond motifs is 1. The Morgan fingerprint density at radius 2 is 1.83 bits per heavy atom. The summed E-state index contributed by atoms with van der Waals surface area (Å²) >= 11 is 0. The SMILES string of the molecule is CC(=O)Oc1c(Cc2ccccc2)c(=O)[nH]c2c(C)cc(C)cc12. The third-order valence-electron chi connectivity index (χ3n) is 3.98. The largest absolute Gasteiger partial charge is 0.425 e. The van der Waals surface area contributed by atoms with Crippen molar-refractivity contribution in [3.8, 4) is 5.75 Å². The molecule has 2 aromatic carbocycles. The normalized spacial score (nSPS) is 10.8. The van der Waals surface area contributed by atoms with Gasteiger partial charge in [0.05, 0.1) is 11.1 Å². The number of H-pyrrole nitrogens is 1. The zero-order valence-electron chi connectivity index (χ0n) is 14.0. The maximum atomic E-state index is 12.6. The van der Waals surface area contributed by atoms with E-state index in [2.05, 4.69) is 4.98 Å². The van der Waals surface area contributed by atoms with E-state index in [0.717, 1.165) is 22.1 Å². The summed E-state index contributed by atoms with van der Waals surface area (Å²) in [5, 5.41) is 0.758. The van der Waals surface area contributed by atoms with Crippen LogP contribution < -0.4 is 10.3 Å². The molecule has 0 saturated carbocycles. The number of pyridine rings is 1. The summed E-state index contributed by atoms with van der Waals surface area (Å²) in [4.78, 5) is 27.2. The third kappa shape index (κ3) is 3.08. The monoisotopic (exact) mass is 321 g/mol. The molecule has 3 rings (SSSR count). The smallest absolute Gasteiger partial charge is 0.308 e. The van der Waals surface area contributed by atoms with Gasteiger partial charge in [-0.1, -0.05) is 36.4 Å². The van der Waals surface area contributed by atoms with Crippen LogP contribution in [0.5, 0.6) is 5.75 Å². The van der Waals surface area contributed by atoms with Gasteiger partial charge in [0, 0.05) is 18.7 Å². The van der Waals surface area contributed by atoms with Gasteiger partial charge in [0.15, 0.2) is 0 Å². The number of rotatable bonds is 3. The van der Waals surface area contributed by atoms with E-state index in [1.807, 2.05) is 56.3 Å². The van der Waals surface area contributed by atoms with Crippen LogP contribution in [0.3, 0.4) is 0 Å². The number of hydrogen-bond acceptors (Lipinski definition) is 3. The maximum absolute atomic E-state index is 12.6. The molecule has 1 heterocycles. The summed E-state index contributed by atoms with van der Waals surface area (Å²) in [5.41, 5.74) is 3.93. The average molecular weight is 321 g/mol. The Morgan fingerprint density at radius 1 is 1.12 bits per heavy atom. The lowest BCUT2D eigenvalue weighted by atomic mass is 10.00. The van der Waals surface area contributed by atoms with Gasteiger partial charge in [-0.15, -0.1) is 0 Å². The number of hydrogen-bond donors (Lipinski definition) is 1. The fourth-order valence-electron chi connectivity index (χ4n) is 2.99. The minimum Gasteiger partial charge on any atom is -0.425 e. The summed E-state index contributed by atoms with van der Waals surface area (Å²) in [6.45, 7) is 5.26.